The van der Waals surface area contributed by atoms with E-state index in [9.17, 15) is 9.90 Å². The lowest BCUT2D eigenvalue weighted by Crippen LogP contribution is -2.44. The number of thiophene rings is 2. The molecule has 0 unspecified atom stereocenters. The fourth-order valence-electron chi connectivity index (χ4n) is 2.17. The molecule has 0 aliphatic carbocycles. The van der Waals surface area contributed by atoms with Gasteiger partial charge < -0.3 is 20.2 Å². The maximum atomic E-state index is 12.0. The predicted molar refractivity (Wildman–Crippen MR) is 90.6 cm³/mol. The average Bonchev–Trinajstić information content (AvgIpc) is 3.33. The van der Waals surface area contributed by atoms with Gasteiger partial charge in [-0.25, -0.2) is 4.79 Å². The van der Waals surface area contributed by atoms with Crippen molar-refractivity contribution >= 4 is 28.7 Å². The van der Waals surface area contributed by atoms with Crippen molar-refractivity contribution < 1.29 is 14.3 Å². The zero-order chi connectivity index (χ0) is 16.1. The van der Waals surface area contributed by atoms with Gasteiger partial charge in [-0.05, 0) is 35.0 Å². The molecule has 7 heteroatoms. The number of nitrogens with one attached hydrogen (secondary N) is 2. The van der Waals surface area contributed by atoms with Gasteiger partial charge in [0, 0.05) is 9.75 Å². The van der Waals surface area contributed by atoms with Gasteiger partial charge in [0.2, 0.25) is 0 Å². The van der Waals surface area contributed by atoms with Crippen molar-refractivity contribution in [2.75, 3.05) is 6.54 Å². The minimum Gasteiger partial charge on any atom is -0.466 e. The number of urea groups is 1. The third kappa shape index (κ3) is 3.64. The molecule has 0 saturated heterocycles. The molecule has 0 spiro atoms. The van der Waals surface area contributed by atoms with Crippen LogP contribution < -0.4 is 10.6 Å². The molecule has 1 atom stereocenters. The first kappa shape index (κ1) is 15.8. The summed E-state index contributed by atoms with van der Waals surface area (Å²) in [6.45, 7) is 0.485. The highest BCUT2D eigenvalue weighted by molar-refractivity contribution is 7.10. The van der Waals surface area contributed by atoms with Crippen LogP contribution in [0.3, 0.4) is 0 Å². The molecular formula is C16H16N2O3S2. The molecule has 0 aromatic carbocycles. The van der Waals surface area contributed by atoms with E-state index in [2.05, 4.69) is 10.6 Å². The molecule has 3 aromatic rings. The summed E-state index contributed by atoms with van der Waals surface area (Å²) in [5.41, 5.74) is -1.38. The van der Waals surface area contributed by atoms with E-state index < -0.39 is 5.60 Å². The normalized spacial score (nSPS) is 13.4. The van der Waals surface area contributed by atoms with Gasteiger partial charge in [-0.1, -0.05) is 12.1 Å². The predicted octanol–water partition coefficient (Wildman–Crippen LogP) is 3.14. The molecule has 120 valence electrons. The van der Waals surface area contributed by atoms with Crippen LogP contribution in [0.1, 0.15) is 15.5 Å². The summed E-state index contributed by atoms with van der Waals surface area (Å²) >= 11 is 2.99. The van der Waals surface area contributed by atoms with Crippen LogP contribution in [-0.4, -0.2) is 17.7 Å². The molecule has 0 aliphatic rings. The Morgan fingerprint density at radius 2 is 1.96 bits per heavy atom. The lowest BCUT2D eigenvalue weighted by Gasteiger charge is -2.25. The van der Waals surface area contributed by atoms with Crippen molar-refractivity contribution in [3.63, 3.8) is 0 Å². The van der Waals surface area contributed by atoms with E-state index in [1.807, 2.05) is 35.0 Å². The molecule has 3 N–H and O–H groups in total. The quantitative estimate of drug-likeness (QED) is 0.641. The third-order valence-corrected chi connectivity index (χ3v) is 5.26. The number of amides is 2. The first-order valence-electron chi connectivity index (χ1n) is 7.03. The standard InChI is InChI=1S/C16H16N2O3S2/c19-15(17-10-12-4-2-8-22-12)18-11-16(20,13-5-1-7-21-13)14-6-3-9-23-14/h1-9,20H,10-11H2,(H2,17,18,19)/t16-/m0/s1. The summed E-state index contributed by atoms with van der Waals surface area (Å²) in [7, 11) is 0. The van der Waals surface area contributed by atoms with E-state index in [1.54, 1.807) is 23.5 Å². The van der Waals surface area contributed by atoms with Crippen LogP contribution in [0.25, 0.3) is 0 Å². The Morgan fingerprint density at radius 3 is 2.61 bits per heavy atom. The molecule has 0 aliphatic heterocycles. The second kappa shape index (κ2) is 6.99. The summed E-state index contributed by atoms with van der Waals surface area (Å²) in [5, 5.41) is 20.3. The Hall–Kier alpha value is -2.09. The van der Waals surface area contributed by atoms with Gasteiger partial charge in [0.15, 0.2) is 5.60 Å². The fraction of sp³-hybridized carbons (Fsp3) is 0.188. The van der Waals surface area contributed by atoms with Crippen molar-refractivity contribution in [2.45, 2.75) is 12.1 Å². The molecule has 3 heterocycles. The first-order chi connectivity index (χ1) is 11.2. The number of carbonyl (C=O) groups excluding carboxylic acids is 1. The lowest BCUT2D eigenvalue weighted by molar-refractivity contribution is 0.0623. The molecular weight excluding hydrogens is 332 g/mol. The fourth-order valence-corrected chi connectivity index (χ4v) is 3.65. The van der Waals surface area contributed by atoms with E-state index in [0.717, 1.165) is 4.88 Å². The largest absolute Gasteiger partial charge is 0.466 e. The molecule has 0 bridgehead atoms. The Balaban J connectivity index is 1.64. The van der Waals surface area contributed by atoms with Gasteiger partial charge in [0.25, 0.3) is 0 Å². The van der Waals surface area contributed by atoms with E-state index in [-0.39, 0.29) is 12.6 Å². The van der Waals surface area contributed by atoms with Crippen LogP contribution >= 0.6 is 22.7 Å². The first-order valence-corrected chi connectivity index (χ1v) is 8.79. The van der Waals surface area contributed by atoms with Gasteiger partial charge in [-0.15, -0.1) is 22.7 Å². The second-order valence-electron chi connectivity index (χ2n) is 4.93. The Morgan fingerprint density at radius 1 is 1.13 bits per heavy atom. The Bertz CT molecular complexity index is 687. The summed E-state index contributed by atoms with van der Waals surface area (Å²) in [5.74, 6) is 0.401. The Kier molecular flexibility index (Phi) is 4.80. The highest BCUT2D eigenvalue weighted by atomic mass is 32.1. The molecule has 3 aromatic heterocycles. The zero-order valence-electron chi connectivity index (χ0n) is 12.2. The minimum atomic E-state index is -1.38. The van der Waals surface area contributed by atoms with Gasteiger partial charge in [-0.3, -0.25) is 0 Å². The zero-order valence-corrected chi connectivity index (χ0v) is 13.8. The van der Waals surface area contributed by atoms with Crippen LogP contribution in [0.15, 0.2) is 57.8 Å². The van der Waals surface area contributed by atoms with Gasteiger partial charge in [0.05, 0.1) is 19.4 Å². The van der Waals surface area contributed by atoms with Crippen molar-refractivity contribution in [3.05, 3.63) is 68.9 Å². The van der Waals surface area contributed by atoms with Crippen molar-refractivity contribution in [1.82, 2.24) is 10.6 Å². The smallest absolute Gasteiger partial charge is 0.315 e. The van der Waals surface area contributed by atoms with Crippen LogP contribution in [-0.2, 0) is 12.1 Å². The second-order valence-corrected chi connectivity index (χ2v) is 6.91. The van der Waals surface area contributed by atoms with Crippen LogP contribution in [0.5, 0.6) is 0 Å². The van der Waals surface area contributed by atoms with Crippen molar-refractivity contribution in [1.29, 1.82) is 0 Å². The van der Waals surface area contributed by atoms with Crippen molar-refractivity contribution in [3.8, 4) is 0 Å². The third-order valence-electron chi connectivity index (χ3n) is 3.37. The average molecular weight is 348 g/mol. The topological polar surface area (TPSA) is 74.5 Å². The summed E-state index contributed by atoms with van der Waals surface area (Å²) in [6.07, 6.45) is 1.50. The Labute approximate surface area is 141 Å². The highest BCUT2D eigenvalue weighted by Crippen LogP contribution is 2.32. The minimum absolute atomic E-state index is 0.0251. The van der Waals surface area contributed by atoms with Gasteiger partial charge >= 0.3 is 6.03 Å². The maximum Gasteiger partial charge on any atom is 0.315 e. The van der Waals surface area contributed by atoms with E-state index in [1.165, 1.54) is 17.6 Å². The summed E-state index contributed by atoms with van der Waals surface area (Å²) in [4.78, 5) is 13.8. The molecule has 5 nitrogen and oxygen atoms in total. The number of aliphatic hydroxyl groups is 1. The molecule has 0 fully saturated rings. The molecule has 0 saturated carbocycles. The SMILES string of the molecule is O=C(NCc1cccs1)NC[C@](O)(c1ccco1)c1cccs1. The van der Waals surface area contributed by atoms with Crippen LogP contribution in [0.2, 0.25) is 0 Å². The number of carbonyl (C=O) groups is 1. The number of rotatable bonds is 6. The van der Waals surface area contributed by atoms with E-state index >= 15 is 0 Å². The number of hydrogen-bond donors (Lipinski definition) is 3. The maximum absolute atomic E-state index is 12.0. The van der Waals surface area contributed by atoms with Crippen molar-refractivity contribution in [2.24, 2.45) is 0 Å². The molecule has 23 heavy (non-hydrogen) atoms. The van der Waals surface area contributed by atoms with E-state index in [0.29, 0.717) is 17.2 Å². The van der Waals surface area contributed by atoms with Crippen LogP contribution in [0.4, 0.5) is 4.79 Å². The molecule has 2 amide bonds. The number of hydrogen-bond acceptors (Lipinski definition) is 5. The monoisotopic (exact) mass is 348 g/mol. The highest BCUT2D eigenvalue weighted by Gasteiger charge is 2.36. The molecule has 3 rings (SSSR count). The lowest BCUT2D eigenvalue weighted by atomic mass is 9.99. The van der Waals surface area contributed by atoms with E-state index in [4.69, 9.17) is 4.42 Å². The van der Waals surface area contributed by atoms with Gasteiger partial charge in [0.1, 0.15) is 5.76 Å². The summed E-state index contributed by atoms with van der Waals surface area (Å²) in [6, 6.07) is 10.6. The van der Waals surface area contributed by atoms with Crippen LogP contribution in [0, 0.1) is 0 Å². The number of furan rings is 1. The molecule has 0 radical (unpaired) electrons. The van der Waals surface area contributed by atoms with Gasteiger partial charge in [-0.2, -0.15) is 0 Å². The summed E-state index contributed by atoms with van der Waals surface area (Å²) < 4.78 is 5.36.